The Bertz CT molecular complexity index is 290. The van der Waals surface area contributed by atoms with Crippen LogP contribution in [0.15, 0.2) is 52.7 Å². The summed E-state index contributed by atoms with van der Waals surface area (Å²) >= 11 is 0. The van der Waals surface area contributed by atoms with Crippen molar-refractivity contribution in [2.24, 2.45) is 4.99 Å². The lowest BCUT2D eigenvalue weighted by atomic mass is 10.1. The summed E-state index contributed by atoms with van der Waals surface area (Å²) in [5, 5.41) is 0. The van der Waals surface area contributed by atoms with Gasteiger partial charge in [-0.2, -0.15) is 0 Å². The Balaban J connectivity index is 0.000000791. The Labute approximate surface area is 87.3 Å². The summed E-state index contributed by atoms with van der Waals surface area (Å²) in [6, 6.07) is 0. The minimum Gasteiger partial charge on any atom is -0.264 e. The van der Waals surface area contributed by atoms with Crippen LogP contribution in [0.2, 0.25) is 0 Å². The molecule has 14 heavy (non-hydrogen) atoms. The van der Waals surface area contributed by atoms with E-state index in [-0.39, 0.29) is 0 Å². The highest BCUT2D eigenvalue weighted by atomic mass is 14.7. The first-order valence-corrected chi connectivity index (χ1v) is 4.95. The third-order valence-corrected chi connectivity index (χ3v) is 1.86. The second-order valence-electron chi connectivity index (χ2n) is 2.79. The van der Waals surface area contributed by atoms with E-state index in [1.165, 1.54) is 5.57 Å². The molecule has 0 aromatic carbocycles. The van der Waals surface area contributed by atoms with Gasteiger partial charge in [0.15, 0.2) is 0 Å². The SMILES string of the molecule is C=CC1=CCC(C)=CC=C1N=C.CC. The molecule has 1 aliphatic carbocycles. The third-order valence-electron chi connectivity index (χ3n) is 1.86. The van der Waals surface area contributed by atoms with E-state index in [0.717, 1.165) is 17.7 Å². The van der Waals surface area contributed by atoms with Gasteiger partial charge in [-0.15, -0.1) is 0 Å². The summed E-state index contributed by atoms with van der Waals surface area (Å²) in [5.41, 5.74) is 3.30. The van der Waals surface area contributed by atoms with E-state index >= 15 is 0 Å². The van der Waals surface area contributed by atoms with Crippen molar-refractivity contribution in [1.82, 2.24) is 0 Å². The molecule has 1 aliphatic rings. The fourth-order valence-electron chi connectivity index (χ4n) is 1.09. The summed E-state index contributed by atoms with van der Waals surface area (Å²) < 4.78 is 0. The Morgan fingerprint density at radius 3 is 2.50 bits per heavy atom. The van der Waals surface area contributed by atoms with E-state index in [4.69, 9.17) is 0 Å². The molecule has 0 N–H and O–H groups in total. The zero-order valence-corrected chi connectivity index (χ0v) is 9.38. The fraction of sp³-hybridized carbons (Fsp3) is 0.308. The number of rotatable bonds is 2. The summed E-state index contributed by atoms with van der Waals surface area (Å²) in [5.74, 6) is 0. The maximum absolute atomic E-state index is 3.92. The predicted octanol–water partition coefficient (Wildman–Crippen LogP) is 4.06. The normalized spacial score (nSPS) is 14.9. The molecule has 0 spiro atoms. The number of nitrogens with zero attached hydrogens (tertiary/aromatic N) is 1. The van der Waals surface area contributed by atoms with Gasteiger partial charge in [0.25, 0.3) is 0 Å². The second kappa shape index (κ2) is 7.07. The molecule has 0 fully saturated rings. The highest BCUT2D eigenvalue weighted by Crippen LogP contribution is 2.19. The molecule has 0 saturated carbocycles. The van der Waals surface area contributed by atoms with Crippen LogP contribution in [0, 0.1) is 0 Å². The quantitative estimate of drug-likeness (QED) is 0.581. The summed E-state index contributed by atoms with van der Waals surface area (Å²) in [6.07, 6.45) is 8.94. The van der Waals surface area contributed by atoms with Crippen LogP contribution < -0.4 is 0 Å². The standard InChI is InChI=1S/C11H13N.C2H6/c1-4-10-7-5-9(2)6-8-11(10)12-3;1-2/h4,6-8H,1,3,5H2,2H3;1-2H3. The minimum absolute atomic E-state index is 0.904. The lowest BCUT2D eigenvalue weighted by molar-refractivity contribution is 1.21. The van der Waals surface area contributed by atoms with Crippen molar-refractivity contribution in [3.63, 3.8) is 0 Å². The van der Waals surface area contributed by atoms with Gasteiger partial charge in [0.1, 0.15) is 0 Å². The average molecular weight is 189 g/mol. The molecule has 1 rings (SSSR count). The smallest absolute Gasteiger partial charge is 0.0691 e. The van der Waals surface area contributed by atoms with Crippen LogP contribution in [-0.2, 0) is 0 Å². The van der Waals surface area contributed by atoms with Crippen molar-refractivity contribution in [2.45, 2.75) is 27.2 Å². The molecule has 1 nitrogen and oxygen atoms in total. The Morgan fingerprint density at radius 1 is 1.36 bits per heavy atom. The first-order valence-electron chi connectivity index (χ1n) is 4.95. The number of hydrogen-bond acceptors (Lipinski definition) is 1. The van der Waals surface area contributed by atoms with Gasteiger partial charge in [-0.05, 0) is 31.7 Å². The second-order valence-corrected chi connectivity index (χ2v) is 2.79. The number of hydrogen-bond donors (Lipinski definition) is 0. The number of aliphatic imine (C=N–C) groups is 1. The molecule has 0 bridgehead atoms. The van der Waals surface area contributed by atoms with Gasteiger partial charge in [-0.1, -0.05) is 44.2 Å². The van der Waals surface area contributed by atoms with E-state index in [9.17, 15) is 0 Å². The Morgan fingerprint density at radius 2 is 2.00 bits per heavy atom. The van der Waals surface area contributed by atoms with Gasteiger partial charge >= 0.3 is 0 Å². The molecule has 0 radical (unpaired) electrons. The van der Waals surface area contributed by atoms with Gasteiger partial charge in [-0.3, -0.25) is 4.99 Å². The van der Waals surface area contributed by atoms with Crippen molar-refractivity contribution in [3.8, 4) is 0 Å². The van der Waals surface area contributed by atoms with Gasteiger partial charge < -0.3 is 0 Å². The van der Waals surface area contributed by atoms with E-state index in [2.05, 4.69) is 37.4 Å². The molecule has 0 aromatic rings. The van der Waals surface area contributed by atoms with Crippen LogP contribution >= 0.6 is 0 Å². The van der Waals surface area contributed by atoms with Gasteiger partial charge in [0, 0.05) is 0 Å². The molecular formula is C13H19N. The summed E-state index contributed by atoms with van der Waals surface area (Å²) in [6.45, 7) is 13.3. The Hall–Kier alpha value is -1.37. The monoisotopic (exact) mass is 189 g/mol. The van der Waals surface area contributed by atoms with Crippen LogP contribution in [0.4, 0.5) is 0 Å². The maximum Gasteiger partial charge on any atom is 0.0691 e. The summed E-state index contributed by atoms with van der Waals surface area (Å²) in [4.78, 5) is 3.92. The maximum atomic E-state index is 3.92. The largest absolute Gasteiger partial charge is 0.264 e. The van der Waals surface area contributed by atoms with Crippen LogP contribution in [0.1, 0.15) is 27.2 Å². The minimum atomic E-state index is 0.904. The lowest BCUT2D eigenvalue weighted by Crippen LogP contribution is -1.80. The molecule has 0 aliphatic heterocycles. The van der Waals surface area contributed by atoms with Gasteiger partial charge in [-0.25, -0.2) is 0 Å². The van der Waals surface area contributed by atoms with E-state index < -0.39 is 0 Å². The predicted molar refractivity (Wildman–Crippen MR) is 65.6 cm³/mol. The first-order chi connectivity index (χ1) is 6.77. The fourth-order valence-corrected chi connectivity index (χ4v) is 1.09. The van der Waals surface area contributed by atoms with Gasteiger partial charge in [0.05, 0.1) is 5.70 Å². The molecule has 0 saturated heterocycles. The molecule has 0 unspecified atom stereocenters. The van der Waals surface area contributed by atoms with E-state index in [1.54, 1.807) is 0 Å². The Kier molecular flexibility index (Phi) is 6.38. The molecule has 1 heteroatoms. The summed E-state index contributed by atoms with van der Waals surface area (Å²) in [7, 11) is 0. The molecule has 76 valence electrons. The van der Waals surface area contributed by atoms with Crippen LogP contribution in [0.25, 0.3) is 0 Å². The topological polar surface area (TPSA) is 12.4 Å². The van der Waals surface area contributed by atoms with Gasteiger partial charge in [0.2, 0.25) is 0 Å². The average Bonchev–Trinajstić information content (AvgIpc) is 2.42. The number of allylic oxidation sites excluding steroid dienone is 5. The molecule has 0 heterocycles. The highest BCUT2D eigenvalue weighted by molar-refractivity contribution is 5.47. The molecule has 0 atom stereocenters. The zero-order valence-electron chi connectivity index (χ0n) is 9.38. The zero-order chi connectivity index (χ0) is 11.0. The van der Waals surface area contributed by atoms with Crippen LogP contribution in [0.3, 0.4) is 0 Å². The molecule has 0 amide bonds. The van der Waals surface area contributed by atoms with E-state index in [1.807, 2.05) is 26.0 Å². The third kappa shape index (κ3) is 3.56. The van der Waals surface area contributed by atoms with Crippen LogP contribution in [0.5, 0.6) is 0 Å². The van der Waals surface area contributed by atoms with Crippen molar-refractivity contribution in [1.29, 1.82) is 0 Å². The lowest BCUT2D eigenvalue weighted by Gasteiger charge is -1.98. The molecule has 0 aromatic heterocycles. The van der Waals surface area contributed by atoms with Crippen molar-refractivity contribution in [2.75, 3.05) is 0 Å². The molecular weight excluding hydrogens is 170 g/mol. The van der Waals surface area contributed by atoms with Crippen molar-refractivity contribution < 1.29 is 0 Å². The first kappa shape index (κ1) is 12.6. The highest BCUT2D eigenvalue weighted by Gasteiger charge is 2.00. The van der Waals surface area contributed by atoms with Crippen LogP contribution in [-0.4, -0.2) is 6.72 Å². The van der Waals surface area contributed by atoms with Crippen molar-refractivity contribution >= 4 is 6.72 Å². The van der Waals surface area contributed by atoms with Crippen molar-refractivity contribution in [3.05, 3.63) is 47.7 Å². The van der Waals surface area contributed by atoms with E-state index in [0.29, 0.717) is 0 Å².